The standard InChI is InChI=1S/C11H18ClN3O/c1-7-11(12)10(15(2)14-7)6-13-8-4-9(5-8)16-3/h8-9,13H,4-6H2,1-3H3. The second-order valence-corrected chi connectivity index (χ2v) is 4.75. The lowest BCUT2D eigenvalue weighted by Crippen LogP contribution is -2.44. The molecule has 1 aliphatic rings. The zero-order chi connectivity index (χ0) is 11.7. The van der Waals surface area contributed by atoms with Crippen LogP contribution < -0.4 is 5.32 Å². The Bertz CT molecular complexity index is 372. The summed E-state index contributed by atoms with van der Waals surface area (Å²) in [6, 6.07) is 0.552. The molecule has 1 aromatic rings. The average Bonchev–Trinajstić information content (AvgIpc) is 2.42. The molecule has 1 N–H and O–H groups in total. The molecule has 0 radical (unpaired) electrons. The first kappa shape index (κ1) is 11.9. The highest BCUT2D eigenvalue weighted by Gasteiger charge is 2.28. The Morgan fingerprint density at radius 2 is 2.25 bits per heavy atom. The molecule has 1 fully saturated rings. The molecule has 0 atom stereocenters. The first-order valence-corrected chi connectivity index (χ1v) is 5.93. The number of hydrogen-bond donors (Lipinski definition) is 1. The fourth-order valence-electron chi connectivity index (χ4n) is 2.04. The van der Waals surface area contributed by atoms with Gasteiger partial charge in [0.15, 0.2) is 0 Å². The van der Waals surface area contributed by atoms with Crippen molar-refractivity contribution >= 4 is 11.6 Å². The summed E-state index contributed by atoms with van der Waals surface area (Å²) in [7, 11) is 3.69. The molecule has 16 heavy (non-hydrogen) atoms. The smallest absolute Gasteiger partial charge is 0.0860 e. The lowest BCUT2D eigenvalue weighted by Gasteiger charge is -2.34. The molecule has 1 saturated carbocycles. The summed E-state index contributed by atoms with van der Waals surface area (Å²) in [4.78, 5) is 0. The van der Waals surface area contributed by atoms with Gasteiger partial charge in [-0.1, -0.05) is 11.6 Å². The van der Waals surface area contributed by atoms with E-state index in [9.17, 15) is 0 Å². The van der Waals surface area contributed by atoms with Crippen molar-refractivity contribution in [1.82, 2.24) is 15.1 Å². The molecule has 0 saturated heterocycles. The predicted octanol–water partition coefficient (Wildman–Crippen LogP) is 1.65. The average molecular weight is 244 g/mol. The molecule has 0 aliphatic heterocycles. The number of nitrogens with one attached hydrogen (secondary N) is 1. The highest BCUT2D eigenvalue weighted by atomic mass is 35.5. The Balaban J connectivity index is 1.86. The zero-order valence-corrected chi connectivity index (χ0v) is 10.7. The van der Waals surface area contributed by atoms with Crippen molar-refractivity contribution in [3.05, 3.63) is 16.4 Å². The van der Waals surface area contributed by atoms with E-state index in [4.69, 9.17) is 16.3 Å². The minimum atomic E-state index is 0.432. The SMILES string of the molecule is COC1CC(NCc2c(Cl)c(C)nn2C)C1. The summed E-state index contributed by atoms with van der Waals surface area (Å²) in [6.45, 7) is 2.70. The minimum Gasteiger partial charge on any atom is -0.381 e. The number of rotatable bonds is 4. The van der Waals surface area contributed by atoms with Gasteiger partial charge in [-0.15, -0.1) is 0 Å². The summed E-state index contributed by atoms with van der Waals surface area (Å²) < 4.78 is 7.08. The van der Waals surface area contributed by atoms with Crippen molar-refractivity contribution in [2.75, 3.05) is 7.11 Å². The Hall–Kier alpha value is -0.580. The molecule has 0 unspecified atom stereocenters. The molecule has 1 aromatic heterocycles. The fraction of sp³-hybridized carbons (Fsp3) is 0.727. The molecule has 1 heterocycles. The van der Waals surface area contributed by atoms with Gasteiger partial charge in [-0.3, -0.25) is 4.68 Å². The van der Waals surface area contributed by atoms with Crippen LogP contribution in [0.1, 0.15) is 24.2 Å². The van der Waals surface area contributed by atoms with Crippen molar-refractivity contribution < 1.29 is 4.74 Å². The van der Waals surface area contributed by atoms with E-state index >= 15 is 0 Å². The molecular formula is C11H18ClN3O. The third kappa shape index (κ3) is 2.24. The van der Waals surface area contributed by atoms with Crippen LogP contribution in [-0.2, 0) is 18.3 Å². The van der Waals surface area contributed by atoms with Gasteiger partial charge >= 0.3 is 0 Å². The van der Waals surface area contributed by atoms with Crippen LogP contribution in [0.4, 0.5) is 0 Å². The largest absolute Gasteiger partial charge is 0.381 e. The van der Waals surface area contributed by atoms with Crippen LogP contribution in [0.5, 0.6) is 0 Å². The van der Waals surface area contributed by atoms with Crippen LogP contribution in [0.25, 0.3) is 0 Å². The van der Waals surface area contributed by atoms with Gasteiger partial charge in [-0.05, 0) is 19.8 Å². The van der Waals surface area contributed by atoms with E-state index in [0.717, 1.165) is 35.8 Å². The van der Waals surface area contributed by atoms with Crippen LogP contribution in [0, 0.1) is 6.92 Å². The zero-order valence-electron chi connectivity index (χ0n) is 9.96. The fourth-order valence-corrected chi connectivity index (χ4v) is 2.26. The van der Waals surface area contributed by atoms with E-state index in [1.165, 1.54) is 0 Å². The Kier molecular flexibility index (Phi) is 3.52. The number of hydrogen-bond acceptors (Lipinski definition) is 3. The number of methoxy groups -OCH3 is 1. The van der Waals surface area contributed by atoms with Crippen molar-refractivity contribution in [2.45, 2.75) is 38.5 Å². The minimum absolute atomic E-state index is 0.432. The molecule has 0 aromatic carbocycles. The van der Waals surface area contributed by atoms with Gasteiger partial charge in [-0.2, -0.15) is 5.10 Å². The van der Waals surface area contributed by atoms with E-state index in [1.807, 2.05) is 18.7 Å². The molecule has 4 nitrogen and oxygen atoms in total. The molecule has 0 amide bonds. The predicted molar refractivity (Wildman–Crippen MR) is 63.6 cm³/mol. The van der Waals surface area contributed by atoms with Crippen molar-refractivity contribution in [1.29, 1.82) is 0 Å². The third-order valence-corrected chi connectivity index (χ3v) is 3.74. The quantitative estimate of drug-likeness (QED) is 0.874. The topological polar surface area (TPSA) is 39.1 Å². The highest BCUT2D eigenvalue weighted by molar-refractivity contribution is 6.31. The number of aryl methyl sites for hydroxylation is 2. The van der Waals surface area contributed by atoms with Crippen LogP contribution >= 0.6 is 11.6 Å². The maximum Gasteiger partial charge on any atom is 0.0860 e. The summed E-state index contributed by atoms with van der Waals surface area (Å²) >= 11 is 6.17. The second kappa shape index (κ2) is 4.73. The van der Waals surface area contributed by atoms with Gasteiger partial charge in [-0.25, -0.2) is 0 Å². The van der Waals surface area contributed by atoms with Crippen molar-refractivity contribution in [2.24, 2.45) is 7.05 Å². The Morgan fingerprint density at radius 3 is 2.75 bits per heavy atom. The molecule has 0 bridgehead atoms. The number of aromatic nitrogens is 2. The summed E-state index contributed by atoms with van der Waals surface area (Å²) in [5.74, 6) is 0. The highest BCUT2D eigenvalue weighted by Crippen LogP contribution is 2.24. The monoisotopic (exact) mass is 243 g/mol. The number of ether oxygens (including phenoxy) is 1. The number of halogens is 1. The normalized spacial score (nSPS) is 24.5. The lowest BCUT2D eigenvalue weighted by molar-refractivity contribution is 0.0168. The van der Waals surface area contributed by atoms with E-state index in [1.54, 1.807) is 7.11 Å². The maximum atomic E-state index is 6.17. The molecule has 2 rings (SSSR count). The molecule has 1 aliphatic carbocycles. The van der Waals surface area contributed by atoms with Crippen LogP contribution in [0.15, 0.2) is 0 Å². The molecule has 5 heteroatoms. The van der Waals surface area contributed by atoms with Gasteiger partial charge in [0, 0.05) is 26.7 Å². The van der Waals surface area contributed by atoms with E-state index in [0.29, 0.717) is 12.1 Å². The Morgan fingerprint density at radius 1 is 1.56 bits per heavy atom. The Labute approximate surface area is 101 Å². The van der Waals surface area contributed by atoms with Gasteiger partial charge in [0.2, 0.25) is 0 Å². The summed E-state index contributed by atoms with van der Waals surface area (Å²) in [5, 5.41) is 8.53. The maximum absolute atomic E-state index is 6.17. The van der Waals surface area contributed by atoms with E-state index in [-0.39, 0.29) is 0 Å². The van der Waals surface area contributed by atoms with Gasteiger partial charge in [0.1, 0.15) is 0 Å². The molecular weight excluding hydrogens is 226 g/mol. The number of nitrogens with zero attached hydrogens (tertiary/aromatic N) is 2. The van der Waals surface area contributed by atoms with Gasteiger partial charge in [0.25, 0.3) is 0 Å². The lowest BCUT2D eigenvalue weighted by atomic mass is 9.89. The van der Waals surface area contributed by atoms with Crippen molar-refractivity contribution in [3.8, 4) is 0 Å². The van der Waals surface area contributed by atoms with E-state index < -0.39 is 0 Å². The third-order valence-electron chi connectivity index (χ3n) is 3.25. The summed E-state index contributed by atoms with van der Waals surface area (Å²) in [6.07, 6.45) is 2.61. The van der Waals surface area contributed by atoms with Crippen LogP contribution in [-0.4, -0.2) is 29.0 Å². The van der Waals surface area contributed by atoms with Crippen molar-refractivity contribution in [3.63, 3.8) is 0 Å². The van der Waals surface area contributed by atoms with Gasteiger partial charge in [0.05, 0.1) is 22.5 Å². The van der Waals surface area contributed by atoms with Crippen LogP contribution in [0.2, 0.25) is 5.02 Å². The first-order valence-electron chi connectivity index (χ1n) is 5.56. The second-order valence-electron chi connectivity index (χ2n) is 4.38. The summed E-state index contributed by atoms with van der Waals surface area (Å²) in [5.41, 5.74) is 1.95. The first-order chi connectivity index (χ1) is 7.61. The van der Waals surface area contributed by atoms with Crippen LogP contribution in [0.3, 0.4) is 0 Å². The van der Waals surface area contributed by atoms with Gasteiger partial charge < -0.3 is 10.1 Å². The van der Waals surface area contributed by atoms with E-state index in [2.05, 4.69) is 10.4 Å². The molecule has 0 spiro atoms. The molecule has 90 valence electrons.